The van der Waals surface area contributed by atoms with Crippen LogP contribution in [0.1, 0.15) is 23.5 Å². The van der Waals surface area contributed by atoms with Crippen LogP contribution in [0.25, 0.3) is 0 Å². The van der Waals surface area contributed by atoms with Crippen molar-refractivity contribution in [1.82, 2.24) is 9.97 Å². The Hall–Kier alpha value is -3.41. The number of anilines is 3. The van der Waals surface area contributed by atoms with Crippen molar-refractivity contribution >= 4 is 29.3 Å². The van der Waals surface area contributed by atoms with Gasteiger partial charge in [0, 0.05) is 19.5 Å². The van der Waals surface area contributed by atoms with Crippen LogP contribution in [-0.4, -0.2) is 48.1 Å². The number of rotatable bonds is 3. The quantitative estimate of drug-likeness (QED) is 0.673. The Morgan fingerprint density at radius 1 is 1.19 bits per heavy atom. The minimum Gasteiger partial charge on any atom is -0.378 e. The van der Waals surface area contributed by atoms with Gasteiger partial charge in [-0.2, -0.15) is 18.2 Å². The second-order valence-electron chi connectivity index (χ2n) is 7.09. The van der Waals surface area contributed by atoms with Crippen LogP contribution >= 0.6 is 0 Å². The number of nitrogens with zero attached hydrogens (tertiary/aromatic N) is 2. The number of morpholine rings is 1. The highest BCUT2D eigenvalue weighted by atomic mass is 19.4. The van der Waals surface area contributed by atoms with Gasteiger partial charge in [0.1, 0.15) is 5.82 Å². The van der Waals surface area contributed by atoms with Crippen molar-refractivity contribution in [2.24, 2.45) is 0 Å². The van der Waals surface area contributed by atoms with Gasteiger partial charge in [0.2, 0.25) is 17.8 Å². The molecule has 1 atom stereocenters. The zero-order valence-corrected chi connectivity index (χ0v) is 16.1. The first-order valence-corrected chi connectivity index (χ1v) is 9.48. The predicted molar refractivity (Wildman–Crippen MR) is 104 cm³/mol. The number of hydrogen-bond donors (Lipinski definition) is 3. The molecule has 3 N–H and O–H groups in total. The number of carbonyl (C=O) groups excluding carboxylic acids is 2. The molecule has 4 rings (SSSR count). The fraction of sp³-hybridized carbons (Fsp3) is 0.368. The monoisotopic (exact) mass is 437 g/mol. The minimum atomic E-state index is -4.68. The van der Waals surface area contributed by atoms with Gasteiger partial charge in [0.25, 0.3) is 5.56 Å². The number of halogens is 3. The first-order chi connectivity index (χ1) is 14.7. The Kier molecular flexibility index (Phi) is 5.39. The zero-order chi connectivity index (χ0) is 22.2. The van der Waals surface area contributed by atoms with Gasteiger partial charge < -0.3 is 20.3 Å². The molecule has 2 amide bonds. The topological polar surface area (TPSA) is 116 Å². The van der Waals surface area contributed by atoms with E-state index in [1.807, 2.05) is 0 Å². The van der Waals surface area contributed by atoms with Crippen LogP contribution in [0, 0.1) is 0 Å². The molecule has 0 unspecified atom stereocenters. The van der Waals surface area contributed by atoms with Gasteiger partial charge in [-0.05, 0) is 12.1 Å². The number of nitrogens with one attached hydrogen (secondary N) is 3. The maximum Gasteiger partial charge on any atom is 0.418 e. The number of H-pyrrole nitrogens is 1. The molecule has 1 aromatic carbocycles. The molecule has 31 heavy (non-hydrogen) atoms. The van der Waals surface area contributed by atoms with E-state index in [0.717, 1.165) is 12.1 Å². The van der Waals surface area contributed by atoms with Crippen molar-refractivity contribution in [2.45, 2.75) is 18.5 Å². The van der Waals surface area contributed by atoms with Crippen LogP contribution in [0.2, 0.25) is 0 Å². The lowest BCUT2D eigenvalue weighted by atomic mass is 9.92. The predicted octanol–water partition coefficient (Wildman–Crippen LogP) is 1.69. The summed E-state index contributed by atoms with van der Waals surface area (Å²) in [6.45, 7) is 1.84. The van der Waals surface area contributed by atoms with E-state index >= 15 is 0 Å². The Morgan fingerprint density at radius 2 is 1.90 bits per heavy atom. The van der Waals surface area contributed by atoms with Crippen LogP contribution < -0.4 is 21.1 Å². The number of aromatic nitrogens is 2. The Morgan fingerprint density at radius 3 is 2.61 bits per heavy atom. The summed E-state index contributed by atoms with van der Waals surface area (Å²) in [4.78, 5) is 46.4. The first-order valence-electron chi connectivity index (χ1n) is 9.48. The molecular weight excluding hydrogens is 419 g/mol. The van der Waals surface area contributed by atoms with Gasteiger partial charge in [-0.25, -0.2) is 0 Å². The molecule has 12 heteroatoms. The summed E-state index contributed by atoms with van der Waals surface area (Å²) >= 11 is 0. The molecule has 0 aliphatic carbocycles. The molecular formula is C19H18F3N5O4. The Bertz CT molecular complexity index is 1080. The summed E-state index contributed by atoms with van der Waals surface area (Å²) in [6, 6.07) is 4.48. The van der Waals surface area contributed by atoms with E-state index in [1.54, 1.807) is 4.90 Å². The molecule has 0 bridgehead atoms. The van der Waals surface area contributed by atoms with Gasteiger partial charge >= 0.3 is 6.18 Å². The average Bonchev–Trinajstić information content (AvgIpc) is 2.73. The summed E-state index contributed by atoms with van der Waals surface area (Å²) in [5.41, 5.74) is -2.23. The minimum absolute atomic E-state index is 0.0780. The third kappa shape index (κ3) is 4.24. The molecule has 9 nitrogen and oxygen atoms in total. The average molecular weight is 437 g/mol. The maximum atomic E-state index is 13.2. The highest BCUT2D eigenvalue weighted by Gasteiger charge is 2.37. The fourth-order valence-electron chi connectivity index (χ4n) is 3.57. The molecule has 2 aliphatic rings. The molecule has 1 aromatic heterocycles. The van der Waals surface area contributed by atoms with Crippen molar-refractivity contribution in [2.75, 3.05) is 41.8 Å². The molecule has 0 radical (unpaired) electrons. The number of fused-ring (bicyclic) bond motifs is 1. The fourth-order valence-corrected chi connectivity index (χ4v) is 3.57. The van der Waals surface area contributed by atoms with Crippen molar-refractivity contribution in [1.29, 1.82) is 0 Å². The lowest BCUT2D eigenvalue weighted by Crippen LogP contribution is -2.41. The van der Waals surface area contributed by atoms with E-state index in [-0.39, 0.29) is 17.3 Å². The van der Waals surface area contributed by atoms with E-state index < -0.39 is 47.1 Å². The summed E-state index contributed by atoms with van der Waals surface area (Å²) in [5, 5.41) is 4.68. The lowest BCUT2D eigenvalue weighted by Gasteiger charge is -2.29. The van der Waals surface area contributed by atoms with Crippen molar-refractivity contribution in [3.63, 3.8) is 0 Å². The van der Waals surface area contributed by atoms with Gasteiger partial charge in [-0.1, -0.05) is 12.1 Å². The van der Waals surface area contributed by atoms with E-state index in [9.17, 15) is 27.6 Å². The second kappa shape index (κ2) is 8.02. The molecule has 3 heterocycles. The van der Waals surface area contributed by atoms with E-state index in [4.69, 9.17) is 4.74 Å². The number of para-hydroxylation sites is 1. The molecule has 0 spiro atoms. The van der Waals surface area contributed by atoms with E-state index in [0.29, 0.717) is 26.3 Å². The van der Waals surface area contributed by atoms with Gasteiger partial charge in [-0.3, -0.25) is 19.4 Å². The highest BCUT2D eigenvalue weighted by molar-refractivity contribution is 6.04. The SMILES string of the molecule is O=C1C[C@H](C(=O)Nc2ccccc2C(F)(F)F)c2c(nc(N3CCOCC3)[nH]c2=O)N1. The number of amides is 2. The zero-order valence-electron chi connectivity index (χ0n) is 16.1. The van der Waals surface area contributed by atoms with Crippen LogP contribution in [-0.2, 0) is 20.5 Å². The Labute approximate surface area is 173 Å². The molecule has 2 aliphatic heterocycles. The van der Waals surface area contributed by atoms with Crippen molar-refractivity contribution in [3.8, 4) is 0 Å². The Balaban J connectivity index is 1.66. The normalized spacial score (nSPS) is 18.9. The number of benzene rings is 1. The first kappa shape index (κ1) is 20.8. The molecule has 1 fully saturated rings. The van der Waals surface area contributed by atoms with Crippen LogP contribution in [0.4, 0.5) is 30.6 Å². The summed E-state index contributed by atoms with van der Waals surface area (Å²) in [6.07, 6.45) is -5.08. The van der Waals surface area contributed by atoms with Crippen molar-refractivity contribution < 1.29 is 27.5 Å². The van der Waals surface area contributed by atoms with Gasteiger partial charge in [-0.15, -0.1) is 0 Å². The number of ether oxygens (including phenoxy) is 1. The number of aromatic amines is 1. The molecule has 164 valence electrons. The smallest absolute Gasteiger partial charge is 0.378 e. The van der Waals surface area contributed by atoms with E-state index in [1.165, 1.54) is 12.1 Å². The third-order valence-electron chi connectivity index (χ3n) is 5.06. The molecule has 0 saturated carbocycles. The molecule has 2 aromatic rings. The van der Waals surface area contributed by atoms with Crippen LogP contribution in [0.3, 0.4) is 0 Å². The summed E-state index contributed by atoms with van der Waals surface area (Å²) in [5.74, 6) is -2.62. The van der Waals surface area contributed by atoms with E-state index in [2.05, 4.69) is 20.6 Å². The molecule has 1 saturated heterocycles. The van der Waals surface area contributed by atoms with Gasteiger partial charge in [0.05, 0.1) is 35.9 Å². The third-order valence-corrected chi connectivity index (χ3v) is 5.06. The summed E-state index contributed by atoms with van der Waals surface area (Å²) in [7, 11) is 0. The standard InChI is InChI=1S/C19H18F3N5O4/c20-19(21,22)11-3-1-2-4-12(11)23-16(29)10-9-13(28)24-15-14(10)17(30)26-18(25-15)27-5-7-31-8-6-27/h1-4,10H,5-9H2,(H,23,29)(H2,24,25,26,28,30)/t10-/m0/s1. The largest absolute Gasteiger partial charge is 0.418 e. The number of hydrogen-bond acceptors (Lipinski definition) is 6. The number of alkyl halides is 3. The second-order valence-corrected chi connectivity index (χ2v) is 7.09. The van der Waals surface area contributed by atoms with Crippen molar-refractivity contribution in [3.05, 3.63) is 45.7 Å². The number of carbonyl (C=O) groups is 2. The maximum absolute atomic E-state index is 13.2. The van der Waals surface area contributed by atoms with Crippen LogP contribution in [0.5, 0.6) is 0 Å². The summed E-state index contributed by atoms with van der Waals surface area (Å²) < 4.78 is 45.0. The lowest BCUT2D eigenvalue weighted by molar-refractivity contribution is -0.137. The van der Waals surface area contributed by atoms with Gasteiger partial charge in [0.15, 0.2) is 0 Å². The highest BCUT2D eigenvalue weighted by Crippen LogP contribution is 2.36. The van der Waals surface area contributed by atoms with Crippen LogP contribution in [0.15, 0.2) is 29.1 Å².